The molecule has 0 radical (unpaired) electrons. The standard InChI is InChI=1S/ClH.Cr.6H2O/h1H;;6*1H2. The third-order valence-electron chi connectivity index (χ3n) is 0. The monoisotopic (exact) mass is 196 g/mol. The van der Waals surface area contributed by atoms with Crippen molar-refractivity contribution in [1.29, 1.82) is 0 Å². The summed E-state index contributed by atoms with van der Waals surface area (Å²) in [5, 5.41) is 0. The summed E-state index contributed by atoms with van der Waals surface area (Å²) in [6.07, 6.45) is 0. The van der Waals surface area contributed by atoms with Crippen LogP contribution in [0.25, 0.3) is 0 Å². The normalized spacial score (nSPS) is 0. The second-order valence-corrected chi connectivity index (χ2v) is 0. The number of hydrogen-bond acceptors (Lipinski definition) is 0. The molecule has 0 unspecified atom stereocenters. The minimum absolute atomic E-state index is 0. The fraction of sp³-hybridized carbons (Fsp3) is 0. The molecule has 6 nitrogen and oxygen atoms in total. The molecular formula is H13ClCrO6. The summed E-state index contributed by atoms with van der Waals surface area (Å²) in [7, 11) is 0. The molecule has 8 heteroatoms. The SMILES string of the molecule is Cl.O.O.O.O.O.O.[Cr]. The van der Waals surface area contributed by atoms with Gasteiger partial charge in [-0.2, -0.15) is 0 Å². The molecule has 0 saturated carbocycles. The van der Waals surface area contributed by atoms with Gasteiger partial charge < -0.3 is 32.9 Å². The summed E-state index contributed by atoms with van der Waals surface area (Å²) >= 11 is 0. The van der Waals surface area contributed by atoms with Gasteiger partial charge in [-0.3, -0.25) is 0 Å². The van der Waals surface area contributed by atoms with Gasteiger partial charge in [-0.15, -0.1) is 12.4 Å². The third kappa shape index (κ3) is 605. The molecule has 0 saturated heterocycles. The summed E-state index contributed by atoms with van der Waals surface area (Å²) in [6, 6.07) is 0. The van der Waals surface area contributed by atoms with Crippen LogP contribution < -0.4 is 0 Å². The van der Waals surface area contributed by atoms with Crippen molar-refractivity contribution in [1.82, 2.24) is 0 Å². The number of rotatable bonds is 0. The fourth-order valence-electron chi connectivity index (χ4n) is 0. The molecule has 0 fully saturated rings. The van der Waals surface area contributed by atoms with Crippen LogP contribution >= 0.6 is 12.4 Å². The molecular weight excluding hydrogens is 183 g/mol. The van der Waals surface area contributed by atoms with Crippen molar-refractivity contribution in [3.05, 3.63) is 0 Å². The summed E-state index contributed by atoms with van der Waals surface area (Å²) in [5.74, 6) is 0. The molecule has 0 bridgehead atoms. The van der Waals surface area contributed by atoms with Gasteiger partial charge in [0.15, 0.2) is 0 Å². The van der Waals surface area contributed by atoms with Crippen molar-refractivity contribution in [3.63, 3.8) is 0 Å². The van der Waals surface area contributed by atoms with E-state index in [9.17, 15) is 0 Å². The van der Waals surface area contributed by atoms with E-state index in [0.29, 0.717) is 0 Å². The van der Waals surface area contributed by atoms with Crippen LogP contribution in [-0.2, 0) is 17.4 Å². The van der Waals surface area contributed by atoms with Crippen molar-refractivity contribution in [3.8, 4) is 0 Å². The average Bonchev–Trinajstić information content (AvgIpc) is 0. The van der Waals surface area contributed by atoms with Crippen molar-refractivity contribution >= 4 is 12.4 Å². The van der Waals surface area contributed by atoms with Crippen LogP contribution in [0.3, 0.4) is 0 Å². The molecule has 0 aromatic rings. The summed E-state index contributed by atoms with van der Waals surface area (Å²) in [6.45, 7) is 0. The Balaban J connectivity index is 0. The van der Waals surface area contributed by atoms with E-state index >= 15 is 0 Å². The molecule has 0 spiro atoms. The Morgan fingerprint density at radius 3 is 0.375 bits per heavy atom. The van der Waals surface area contributed by atoms with Gasteiger partial charge in [0, 0.05) is 17.4 Å². The van der Waals surface area contributed by atoms with Crippen LogP contribution in [0.5, 0.6) is 0 Å². The first-order valence-corrected chi connectivity index (χ1v) is 0. The van der Waals surface area contributed by atoms with Gasteiger partial charge in [0.25, 0.3) is 0 Å². The molecule has 0 aromatic heterocycles. The smallest absolute Gasteiger partial charge is 0 e. The Kier molecular flexibility index (Phi) is 176000. The van der Waals surface area contributed by atoms with Gasteiger partial charge in [-0.1, -0.05) is 0 Å². The maximum atomic E-state index is 0. The third-order valence-corrected chi connectivity index (χ3v) is 0. The van der Waals surface area contributed by atoms with Gasteiger partial charge in [0.05, 0.1) is 0 Å². The molecule has 0 amide bonds. The largest absolute Gasteiger partial charge is 0.412 e. The molecule has 0 heterocycles. The first kappa shape index (κ1) is 1450. The molecule has 0 aliphatic carbocycles. The topological polar surface area (TPSA) is 189 Å². The van der Waals surface area contributed by atoms with Crippen molar-refractivity contribution in [2.45, 2.75) is 0 Å². The van der Waals surface area contributed by atoms with E-state index in [0.717, 1.165) is 0 Å². The van der Waals surface area contributed by atoms with E-state index in [1.54, 1.807) is 0 Å². The first-order chi connectivity index (χ1) is 0. The Morgan fingerprint density at radius 2 is 0.375 bits per heavy atom. The molecule has 62 valence electrons. The zero-order valence-electron chi connectivity index (χ0n) is 3.82. The van der Waals surface area contributed by atoms with Crippen molar-refractivity contribution < 1.29 is 50.2 Å². The van der Waals surface area contributed by atoms with Crippen LogP contribution in [0, 0.1) is 0 Å². The van der Waals surface area contributed by atoms with E-state index in [1.165, 1.54) is 0 Å². The van der Waals surface area contributed by atoms with Crippen LogP contribution in [0.4, 0.5) is 0 Å². The zero-order chi connectivity index (χ0) is 0. The molecule has 0 aromatic carbocycles. The molecule has 0 aliphatic rings. The molecule has 8 heavy (non-hydrogen) atoms. The summed E-state index contributed by atoms with van der Waals surface area (Å²) < 4.78 is 0. The summed E-state index contributed by atoms with van der Waals surface area (Å²) in [4.78, 5) is 0. The second-order valence-electron chi connectivity index (χ2n) is 0. The quantitative estimate of drug-likeness (QED) is 0.361. The van der Waals surface area contributed by atoms with Gasteiger partial charge >= 0.3 is 0 Å². The van der Waals surface area contributed by atoms with E-state index in [-0.39, 0.29) is 62.6 Å². The van der Waals surface area contributed by atoms with Gasteiger partial charge in [-0.05, 0) is 0 Å². The fourth-order valence-corrected chi connectivity index (χ4v) is 0. The maximum Gasteiger partial charge on any atom is 0 e. The van der Waals surface area contributed by atoms with E-state index in [1.807, 2.05) is 0 Å². The van der Waals surface area contributed by atoms with Crippen LogP contribution in [0.1, 0.15) is 0 Å². The molecule has 0 aliphatic heterocycles. The van der Waals surface area contributed by atoms with Crippen molar-refractivity contribution in [2.75, 3.05) is 0 Å². The summed E-state index contributed by atoms with van der Waals surface area (Å²) in [5.41, 5.74) is 0. The minimum atomic E-state index is 0. The van der Waals surface area contributed by atoms with Crippen molar-refractivity contribution in [2.24, 2.45) is 0 Å². The molecule has 0 atom stereocenters. The van der Waals surface area contributed by atoms with E-state index in [4.69, 9.17) is 0 Å². The van der Waals surface area contributed by atoms with Crippen LogP contribution in [-0.4, -0.2) is 32.9 Å². The van der Waals surface area contributed by atoms with E-state index in [2.05, 4.69) is 0 Å². The predicted molar refractivity (Wildman–Crippen MR) is 28.9 cm³/mol. The first-order valence-electron chi connectivity index (χ1n) is 0. The Hall–Kier alpha value is 0.582. The van der Waals surface area contributed by atoms with Crippen LogP contribution in [0.2, 0.25) is 0 Å². The number of halogens is 1. The Bertz CT molecular complexity index is 8.49. The molecule has 12 N–H and O–H groups in total. The van der Waals surface area contributed by atoms with Gasteiger partial charge in [-0.25, -0.2) is 0 Å². The number of hydrogen-bond donors (Lipinski definition) is 0. The second kappa shape index (κ2) is 968. The predicted octanol–water partition coefficient (Wildman–Crippen LogP) is -4.53. The van der Waals surface area contributed by atoms with Gasteiger partial charge in [0.2, 0.25) is 0 Å². The Labute approximate surface area is 63.3 Å². The minimum Gasteiger partial charge on any atom is -0.412 e. The zero-order valence-corrected chi connectivity index (χ0v) is 5.91. The average molecular weight is 197 g/mol. The molecule has 0 rings (SSSR count). The Morgan fingerprint density at radius 1 is 0.375 bits per heavy atom. The van der Waals surface area contributed by atoms with Crippen LogP contribution in [0.15, 0.2) is 0 Å². The maximum absolute atomic E-state index is 0. The van der Waals surface area contributed by atoms with Gasteiger partial charge in [0.1, 0.15) is 0 Å². The van der Waals surface area contributed by atoms with E-state index < -0.39 is 0 Å².